The van der Waals surface area contributed by atoms with Crippen LogP contribution in [0, 0.1) is 6.92 Å². The second-order valence-corrected chi connectivity index (χ2v) is 8.06. The van der Waals surface area contributed by atoms with Gasteiger partial charge in [0.1, 0.15) is 11.5 Å². The highest BCUT2D eigenvalue weighted by Gasteiger charge is 2.50. The molecule has 2 aromatic rings. The van der Waals surface area contributed by atoms with Gasteiger partial charge in [0.15, 0.2) is 0 Å². The number of hydrogen-bond acceptors (Lipinski definition) is 4. The molecule has 2 atom stereocenters. The Morgan fingerprint density at radius 3 is 1.76 bits per heavy atom. The predicted molar refractivity (Wildman–Crippen MR) is 94.4 cm³/mol. The second kappa shape index (κ2) is 5.61. The van der Waals surface area contributed by atoms with E-state index in [1.807, 2.05) is 43.3 Å². The van der Waals surface area contributed by atoms with Crippen LogP contribution >= 0.6 is 0 Å². The minimum Gasteiger partial charge on any atom is -0.496 e. The Bertz CT molecular complexity index is 923. The maximum Gasteiger partial charge on any atom is 0.244 e. The number of hydrogen-bond donors (Lipinski definition) is 0. The molecule has 2 aliphatic heterocycles. The highest BCUT2D eigenvalue weighted by Crippen LogP contribution is 2.56. The van der Waals surface area contributed by atoms with Crippen LogP contribution in [-0.4, -0.2) is 26.9 Å². The van der Waals surface area contributed by atoms with Crippen LogP contribution in [0.4, 0.5) is 0 Å². The highest BCUT2D eigenvalue weighted by molar-refractivity contribution is 7.89. The van der Waals surface area contributed by atoms with Crippen molar-refractivity contribution >= 4 is 10.0 Å². The zero-order valence-electron chi connectivity index (χ0n) is 14.3. The molecule has 0 saturated carbocycles. The van der Waals surface area contributed by atoms with Crippen LogP contribution in [0.5, 0.6) is 11.5 Å². The number of aryl methyl sites for hydroxylation is 1. The fraction of sp³-hybridized carbons (Fsp3) is 0.263. The number of methoxy groups -OCH3 is 2. The molecular weight excluding hydrogens is 338 g/mol. The molecule has 0 unspecified atom stereocenters. The molecule has 130 valence electrons. The highest BCUT2D eigenvalue weighted by atomic mass is 32.2. The third-order valence-electron chi connectivity index (χ3n) is 4.86. The Kier molecular flexibility index (Phi) is 3.63. The fourth-order valence-corrected chi connectivity index (χ4v) is 5.37. The van der Waals surface area contributed by atoms with Gasteiger partial charge in [-0.1, -0.05) is 29.8 Å². The van der Waals surface area contributed by atoms with Crippen molar-refractivity contribution in [3.8, 4) is 11.5 Å². The van der Waals surface area contributed by atoms with E-state index < -0.39 is 10.0 Å². The van der Waals surface area contributed by atoms with E-state index in [4.69, 9.17) is 9.47 Å². The molecule has 25 heavy (non-hydrogen) atoms. The van der Waals surface area contributed by atoms with Crippen molar-refractivity contribution in [1.82, 2.24) is 4.31 Å². The van der Waals surface area contributed by atoms with Gasteiger partial charge in [-0.15, -0.1) is 0 Å². The van der Waals surface area contributed by atoms with Gasteiger partial charge in [0.05, 0.1) is 31.2 Å². The summed E-state index contributed by atoms with van der Waals surface area (Å²) >= 11 is 0. The maximum atomic E-state index is 13.3. The molecule has 0 N–H and O–H groups in total. The van der Waals surface area contributed by atoms with Crippen LogP contribution in [0.1, 0.15) is 28.8 Å². The number of rotatable bonds is 4. The monoisotopic (exact) mass is 357 g/mol. The van der Waals surface area contributed by atoms with Crippen molar-refractivity contribution in [1.29, 1.82) is 0 Å². The van der Waals surface area contributed by atoms with E-state index in [2.05, 4.69) is 0 Å². The summed E-state index contributed by atoms with van der Waals surface area (Å²) in [7, 11) is -0.462. The molecule has 4 rings (SSSR count). The van der Waals surface area contributed by atoms with E-state index in [1.54, 1.807) is 26.4 Å². The van der Waals surface area contributed by atoms with Crippen molar-refractivity contribution in [2.45, 2.75) is 23.9 Å². The Balaban J connectivity index is 1.86. The van der Waals surface area contributed by atoms with E-state index in [-0.39, 0.29) is 12.1 Å². The lowest BCUT2D eigenvalue weighted by atomic mass is 9.95. The lowest BCUT2D eigenvalue weighted by molar-refractivity contribution is 0.368. The molecule has 0 aliphatic carbocycles. The van der Waals surface area contributed by atoms with Gasteiger partial charge in [0, 0.05) is 11.1 Å². The first-order valence-corrected chi connectivity index (χ1v) is 9.46. The average molecular weight is 357 g/mol. The van der Waals surface area contributed by atoms with Crippen LogP contribution in [0.2, 0.25) is 0 Å². The van der Waals surface area contributed by atoms with Gasteiger partial charge in [0.2, 0.25) is 10.0 Å². The standard InChI is InChI=1S/C19H19NO4S/c1-12-4-6-13(7-5-12)25(21,22)20-14-8-9-15(20)19-17(24-3)11-10-16(23-2)18(14)19/h4-11,14-15H,1-3H3/t14-,15+. The van der Waals surface area contributed by atoms with Crippen molar-refractivity contribution in [2.75, 3.05) is 14.2 Å². The molecule has 0 spiro atoms. The molecule has 0 amide bonds. The zero-order chi connectivity index (χ0) is 17.8. The normalized spacial score (nSPS) is 21.4. The van der Waals surface area contributed by atoms with Crippen molar-refractivity contribution < 1.29 is 17.9 Å². The maximum absolute atomic E-state index is 13.3. The number of fused-ring (bicyclic) bond motifs is 5. The van der Waals surface area contributed by atoms with Gasteiger partial charge in [0.25, 0.3) is 0 Å². The minimum absolute atomic E-state index is 0.294. The SMILES string of the molecule is COc1ccc(OC)c2c1[C@H]1C=C[C@@H]2N1S(=O)(=O)c1ccc(C)cc1. The largest absolute Gasteiger partial charge is 0.496 e. The Morgan fingerprint density at radius 2 is 1.32 bits per heavy atom. The molecule has 2 bridgehead atoms. The van der Waals surface area contributed by atoms with Gasteiger partial charge < -0.3 is 9.47 Å². The summed E-state index contributed by atoms with van der Waals surface area (Å²) in [5.41, 5.74) is 2.75. The Labute approximate surface area is 147 Å². The molecule has 6 heteroatoms. The molecular formula is C19H19NO4S. The second-order valence-electron chi connectivity index (χ2n) is 6.22. The van der Waals surface area contributed by atoms with Crippen molar-refractivity contribution in [3.63, 3.8) is 0 Å². The summed E-state index contributed by atoms with van der Waals surface area (Å²) in [6, 6.07) is 9.82. The summed E-state index contributed by atoms with van der Waals surface area (Å²) in [5, 5.41) is 0. The van der Waals surface area contributed by atoms with Gasteiger partial charge in [-0.2, -0.15) is 4.31 Å². The van der Waals surface area contributed by atoms with E-state index in [0.29, 0.717) is 16.4 Å². The Morgan fingerprint density at radius 1 is 0.840 bits per heavy atom. The average Bonchev–Trinajstić information content (AvgIpc) is 3.19. The van der Waals surface area contributed by atoms with Crippen LogP contribution < -0.4 is 9.47 Å². The predicted octanol–water partition coefficient (Wildman–Crippen LogP) is 3.37. The quantitative estimate of drug-likeness (QED) is 0.787. The molecule has 2 aliphatic rings. The number of ether oxygens (including phenoxy) is 2. The van der Waals surface area contributed by atoms with Gasteiger partial charge in [-0.3, -0.25) is 0 Å². The molecule has 2 heterocycles. The van der Waals surface area contributed by atoms with Gasteiger partial charge in [-0.25, -0.2) is 8.42 Å². The summed E-state index contributed by atoms with van der Waals surface area (Å²) in [4.78, 5) is 0.294. The van der Waals surface area contributed by atoms with Crippen molar-refractivity contribution in [3.05, 3.63) is 65.2 Å². The smallest absolute Gasteiger partial charge is 0.244 e. The number of nitrogens with zero attached hydrogens (tertiary/aromatic N) is 1. The molecule has 0 radical (unpaired) electrons. The summed E-state index contributed by atoms with van der Waals surface area (Å²) < 4.78 is 39.1. The minimum atomic E-state index is -3.65. The number of sulfonamides is 1. The molecule has 5 nitrogen and oxygen atoms in total. The first-order valence-electron chi connectivity index (χ1n) is 8.02. The summed E-state index contributed by atoms with van der Waals surface area (Å²) in [6.45, 7) is 1.93. The third-order valence-corrected chi connectivity index (χ3v) is 6.74. The Hall–Kier alpha value is -2.31. The van der Waals surface area contributed by atoms with Crippen LogP contribution in [0.3, 0.4) is 0 Å². The molecule has 2 aromatic carbocycles. The third kappa shape index (κ3) is 2.21. The molecule has 0 aromatic heterocycles. The molecule has 0 saturated heterocycles. The summed E-state index contributed by atoms with van der Waals surface area (Å²) in [6.07, 6.45) is 3.83. The number of benzene rings is 2. The van der Waals surface area contributed by atoms with Gasteiger partial charge >= 0.3 is 0 Å². The van der Waals surface area contributed by atoms with Crippen molar-refractivity contribution in [2.24, 2.45) is 0 Å². The first kappa shape index (κ1) is 16.2. The van der Waals surface area contributed by atoms with Crippen LogP contribution in [0.15, 0.2) is 53.4 Å². The fourth-order valence-electron chi connectivity index (χ4n) is 3.69. The first-order chi connectivity index (χ1) is 12.0. The molecule has 0 fully saturated rings. The summed E-state index contributed by atoms with van der Waals surface area (Å²) in [5.74, 6) is 1.36. The zero-order valence-corrected chi connectivity index (χ0v) is 15.1. The van der Waals surface area contributed by atoms with Gasteiger partial charge in [-0.05, 0) is 31.2 Å². The van der Waals surface area contributed by atoms with Crippen LogP contribution in [-0.2, 0) is 10.0 Å². The van der Waals surface area contributed by atoms with E-state index in [1.165, 1.54) is 4.31 Å². The lowest BCUT2D eigenvalue weighted by Gasteiger charge is -2.22. The van der Waals surface area contributed by atoms with E-state index in [0.717, 1.165) is 16.7 Å². The van der Waals surface area contributed by atoms with E-state index >= 15 is 0 Å². The van der Waals surface area contributed by atoms with E-state index in [9.17, 15) is 8.42 Å². The lowest BCUT2D eigenvalue weighted by Crippen LogP contribution is -2.28. The topological polar surface area (TPSA) is 55.8 Å². The van der Waals surface area contributed by atoms with Crippen LogP contribution in [0.25, 0.3) is 0 Å².